The maximum atomic E-state index is 12.6. The number of thiazole rings is 1. The lowest BCUT2D eigenvalue weighted by Crippen LogP contribution is -2.40. The molecule has 3 aromatic rings. The molecule has 2 aromatic carbocycles. The zero-order chi connectivity index (χ0) is 20.8. The number of rotatable bonds is 5. The second-order valence-electron chi connectivity index (χ2n) is 7.24. The maximum absolute atomic E-state index is 12.6. The standard InChI is InChI=1S/C24H23N3O2S/c28-22(12-11-18-7-3-1-4-8-18)27-15-13-20(14-16-27)23(29)26-24-25-21(17-30-24)19-9-5-2-6-10-19/h1-12,17,20H,13-16H2,(H,25,26,29)/b12-11+. The molecule has 5 nitrogen and oxygen atoms in total. The van der Waals surface area contributed by atoms with Gasteiger partial charge in [-0.2, -0.15) is 0 Å². The van der Waals surface area contributed by atoms with E-state index >= 15 is 0 Å². The second kappa shape index (κ2) is 9.50. The van der Waals surface area contributed by atoms with Gasteiger partial charge in [0.25, 0.3) is 0 Å². The van der Waals surface area contributed by atoms with E-state index in [2.05, 4.69) is 10.3 Å². The van der Waals surface area contributed by atoms with Crippen LogP contribution in [0, 0.1) is 5.92 Å². The van der Waals surface area contributed by atoms with Crippen LogP contribution in [0.1, 0.15) is 18.4 Å². The van der Waals surface area contributed by atoms with E-state index in [4.69, 9.17) is 0 Å². The molecule has 1 fully saturated rings. The van der Waals surface area contributed by atoms with Gasteiger partial charge in [0, 0.05) is 36.0 Å². The van der Waals surface area contributed by atoms with Crippen LogP contribution in [0.15, 0.2) is 72.1 Å². The Morgan fingerprint density at radius 2 is 1.67 bits per heavy atom. The molecule has 4 rings (SSSR count). The first-order valence-corrected chi connectivity index (χ1v) is 10.9. The smallest absolute Gasteiger partial charge is 0.246 e. The lowest BCUT2D eigenvalue weighted by Gasteiger charge is -2.30. The van der Waals surface area contributed by atoms with E-state index in [0.29, 0.717) is 31.1 Å². The Morgan fingerprint density at radius 3 is 2.37 bits per heavy atom. The summed E-state index contributed by atoms with van der Waals surface area (Å²) >= 11 is 1.43. The average molecular weight is 418 g/mol. The van der Waals surface area contributed by atoms with E-state index in [9.17, 15) is 9.59 Å². The van der Waals surface area contributed by atoms with Crippen molar-refractivity contribution in [2.75, 3.05) is 18.4 Å². The minimum Gasteiger partial charge on any atom is -0.339 e. The average Bonchev–Trinajstić information content (AvgIpc) is 3.27. The van der Waals surface area contributed by atoms with Crippen LogP contribution in [0.5, 0.6) is 0 Å². The molecule has 2 amide bonds. The van der Waals surface area contributed by atoms with E-state index in [-0.39, 0.29) is 17.7 Å². The number of benzene rings is 2. The highest BCUT2D eigenvalue weighted by Crippen LogP contribution is 2.26. The van der Waals surface area contributed by atoms with Crippen LogP contribution in [0.4, 0.5) is 5.13 Å². The number of anilines is 1. The number of likely N-dealkylation sites (tertiary alicyclic amines) is 1. The number of carbonyl (C=O) groups is 2. The van der Waals surface area contributed by atoms with Crippen molar-refractivity contribution in [3.05, 3.63) is 77.7 Å². The molecule has 0 unspecified atom stereocenters. The number of hydrogen-bond acceptors (Lipinski definition) is 4. The Balaban J connectivity index is 1.28. The third-order valence-electron chi connectivity index (χ3n) is 5.20. The number of carbonyl (C=O) groups excluding carboxylic acids is 2. The SMILES string of the molecule is O=C(Nc1nc(-c2ccccc2)cs1)C1CCN(C(=O)/C=C/c2ccccc2)CC1. The number of piperidine rings is 1. The van der Waals surface area contributed by atoms with Gasteiger partial charge in [-0.25, -0.2) is 4.98 Å². The Bertz CT molecular complexity index is 1020. The van der Waals surface area contributed by atoms with Gasteiger partial charge in [0.15, 0.2) is 5.13 Å². The zero-order valence-electron chi connectivity index (χ0n) is 16.5. The summed E-state index contributed by atoms with van der Waals surface area (Å²) in [7, 11) is 0. The number of hydrogen-bond donors (Lipinski definition) is 1. The topological polar surface area (TPSA) is 62.3 Å². The summed E-state index contributed by atoms with van der Waals surface area (Å²) in [6, 6.07) is 19.7. The summed E-state index contributed by atoms with van der Waals surface area (Å²) in [6.07, 6.45) is 4.76. The van der Waals surface area contributed by atoms with Crippen molar-refractivity contribution in [3.63, 3.8) is 0 Å². The normalized spacial score (nSPS) is 14.7. The summed E-state index contributed by atoms with van der Waals surface area (Å²) in [6.45, 7) is 1.17. The Hall–Kier alpha value is -3.25. The highest BCUT2D eigenvalue weighted by molar-refractivity contribution is 7.14. The van der Waals surface area contributed by atoms with Gasteiger partial charge in [-0.1, -0.05) is 60.7 Å². The van der Waals surface area contributed by atoms with Gasteiger partial charge in [-0.15, -0.1) is 11.3 Å². The Kier molecular flexibility index (Phi) is 6.35. The fraction of sp³-hybridized carbons (Fsp3) is 0.208. The molecule has 152 valence electrons. The molecule has 1 saturated heterocycles. The summed E-state index contributed by atoms with van der Waals surface area (Å²) < 4.78 is 0. The molecule has 0 aliphatic carbocycles. The van der Waals surface area contributed by atoms with Gasteiger partial charge in [-0.05, 0) is 24.5 Å². The van der Waals surface area contributed by atoms with Gasteiger partial charge >= 0.3 is 0 Å². The molecule has 0 saturated carbocycles. The molecule has 0 atom stereocenters. The van der Waals surface area contributed by atoms with Gasteiger partial charge in [0.1, 0.15) is 0 Å². The quantitative estimate of drug-likeness (QED) is 0.612. The number of nitrogens with zero attached hydrogens (tertiary/aromatic N) is 2. The summed E-state index contributed by atoms with van der Waals surface area (Å²) in [5.41, 5.74) is 2.89. The van der Waals surface area contributed by atoms with Crippen LogP contribution in [-0.4, -0.2) is 34.8 Å². The number of amides is 2. The second-order valence-corrected chi connectivity index (χ2v) is 8.09. The van der Waals surface area contributed by atoms with Gasteiger partial charge in [0.05, 0.1) is 5.69 Å². The van der Waals surface area contributed by atoms with Crippen LogP contribution in [0.3, 0.4) is 0 Å². The fourth-order valence-electron chi connectivity index (χ4n) is 3.48. The molecule has 0 spiro atoms. The lowest BCUT2D eigenvalue weighted by atomic mass is 9.96. The van der Waals surface area contributed by atoms with Crippen molar-refractivity contribution >= 4 is 34.4 Å². The van der Waals surface area contributed by atoms with Crippen LogP contribution in [0.2, 0.25) is 0 Å². The maximum Gasteiger partial charge on any atom is 0.246 e. The first kappa shape index (κ1) is 20.0. The molecule has 2 heterocycles. The molecule has 1 N–H and O–H groups in total. The molecular weight excluding hydrogens is 394 g/mol. The van der Waals surface area contributed by atoms with Gasteiger partial charge in [0.2, 0.25) is 11.8 Å². The van der Waals surface area contributed by atoms with Crippen LogP contribution < -0.4 is 5.32 Å². The van der Waals surface area contributed by atoms with E-state index in [1.165, 1.54) is 11.3 Å². The Morgan fingerprint density at radius 1 is 1.00 bits per heavy atom. The predicted molar refractivity (Wildman–Crippen MR) is 121 cm³/mol. The van der Waals surface area contributed by atoms with E-state index in [1.807, 2.05) is 72.1 Å². The predicted octanol–water partition coefficient (Wildman–Crippen LogP) is 4.70. The van der Waals surface area contributed by atoms with E-state index < -0.39 is 0 Å². The van der Waals surface area contributed by atoms with Crippen molar-refractivity contribution in [3.8, 4) is 11.3 Å². The zero-order valence-corrected chi connectivity index (χ0v) is 17.3. The monoisotopic (exact) mass is 417 g/mol. The molecule has 1 aliphatic heterocycles. The molecular formula is C24H23N3O2S. The number of nitrogens with one attached hydrogen (secondary N) is 1. The fourth-order valence-corrected chi connectivity index (χ4v) is 4.20. The van der Waals surface area contributed by atoms with Gasteiger partial charge < -0.3 is 10.2 Å². The molecule has 1 aromatic heterocycles. The van der Waals surface area contributed by atoms with Crippen molar-refractivity contribution in [2.45, 2.75) is 12.8 Å². The minimum absolute atomic E-state index is 0.00913. The Labute approximate surface area is 180 Å². The molecule has 0 radical (unpaired) electrons. The van der Waals surface area contributed by atoms with E-state index in [0.717, 1.165) is 16.8 Å². The summed E-state index contributed by atoms with van der Waals surface area (Å²) in [4.78, 5) is 31.4. The van der Waals surface area contributed by atoms with Crippen LogP contribution in [-0.2, 0) is 9.59 Å². The minimum atomic E-state index is -0.101. The number of aromatic nitrogens is 1. The molecule has 30 heavy (non-hydrogen) atoms. The largest absolute Gasteiger partial charge is 0.339 e. The molecule has 1 aliphatic rings. The summed E-state index contributed by atoms with van der Waals surface area (Å²) in [5.74, 6) is -0.128. The molecule has 6 heteroatoms. The van der Waals surface area contributed by atoms with Gasteiger partial charge in [-0.3, -0.25) is 9.59 Å². The van der Waals surface area contributed by atoms with Crippen molar-refractivity contribution in [2.24, 2.45) is 5.92 Å². The van der Waals surface area contributed by atoms with Crippen LogP contribution >= 0.6 is 11.3 Å². The summed E-state index contributed by atoms with van der Waals surface area (Å²) in [5, 5.41) is 5.51. The van der Waals surface area contributed by atoms with Crippen LogP contribution in [0.25, 0.3) is 17.3 Å². The van der Waals surface area contributed by atoms with E-state index in [1.54, 1.807) is 11.0 Å². The first-order chi connectivity index (χ1) is 14.7. The van der Waals surface area contributed by atoms with Crippen molar-refractivity contribution in [1.82, 2.24) is 9.88 Å². The lowest BCUT2D eigenvalue weighted by molar-refractivity contribution is -0.130. The highest BCUT2D eigenvalue weighted by atomic mass is 32.1. The first-order valence-electron chi connectivity index (χ1n) is 10.0. The third kappa shape index (κ3) is 5.02. The van der Waals surface area contributed by atoms with Crippen molar-refractivity contribution < 1.29 is 9.59 Å². The van der Waals surface area contributed by atoms with Crippen molar-refractivity contribution in [1.29, 1.82) is 0 Å². The molecule has 0 bridgehead atoms. The third-order valence-corrected chi connectivity index (χ3v) is 5.96. The highest BCUT2D eigenvalue weighted by Gasteiger charge is 2.27.